The summed E-state index contributed by atoms with van der Waals surface area (Å²) < 4.78 is 5.24. The molecular weight excluding hydrogens is 248 g/mol. The second kappa shape index (κ2) is 7.42. The van der Waals surface area contributed by atoms with Gasteiger partial charge in [-0.15, -0.1) is 0 Å². The molecule has 1 aromatic rings. The van der Waals surface area contributed by atoms with Crippen molar-refractivity contribution in [2.24, 2.45) is 5.92 Å². The van der Waals surface area contributed by atoms with Crippen LogP contribution in [-0.4, -0.2) is 12.9 Å². The van der Waals surface area contributed by atoms with Crippen LogP contribution >= 0.6 is 11.6 Å². The molecular formula is C15H21ClO2. The zero-order valence-corrected chi connectivity index (χ0v) is 12.1. The third-order valence-electron chi connectivity index (χ3n) is 3.20. The van der Waals surface area contributed by atoms with Crippen LogP contribution in [0.3, 0.4) is 0 Å². The van der Waals surface area contributed by atoms with Gasteiger partial charge in [0.1, 0.15) is 5.75 Å². The Labute approximate surface area is 114 Å². The van der Waals surface area contributed by atoms with E-state index in [1.54, 1.807) is 25.3 Å². The van der Waals surface area contributed by atoms with Gasteiger partial charge >= 0.3 is 0 Å². The number of methoxy groups -OCH3 is 1. The Hall–Kier alpha value is -1.02. The molecule has 0 saturated heterocycles. The van der Waals surface area contributed by atoms with Gasteiger partial charge in [-0.1, -0.05) is 38.3 Å². The lowest BCUT2D eigenvalue weighted by Gasteiger charge is -2.15. The van der Waals surface area contributed by atoms with Crippen molar-refractivity contribution < 1.29 is 9.53 Å². The minimum Gasteiger partial charge on any atom is -0.496 e. The first-order valence-corrected chi connectivity index (χ1v) is 6.89. The summed E-state index contributed by atoms with van der Waals surface area (Å²) in [4.78, 5) is 12.5. The fraction of sp³-hybridized carbons (Fsp3) is 0.533. The molecule has 2 nitrogen and oxygen atoms in total. The lowest BCUT2D eigenvalue weighted by Crippen LogP contribution is -2.15. The van der Waals surface area contributed by atoms with Gasteiger partial charge in [-0.25, -0.2) is 0 Å². The quantitative estimate of drug-likeness (QED) is 0.667. The van der Waals surface area contributed by atoms with Crippen LogP contribution in [0, 0.1) is 5.92 Å². The molecule has 18 heavy (non-hydrogen) atoms. The van der Waals surface area contributed by atoms with E-state index in [-0.39, 0.29) is 11.7 Å². The van der Waals surface area contributed by atoms with Crippen LogP contribution in [-0.2, 0) is 0 Å². The molecule has 0 saturated carbocycles. The van der Waals surface area contributed by atoms with Crippen molar-refractivity contribution >= 4 is 17.4 Å². The molecule has 3 heteroatoms. The largest absolute Gasteiger partial charge is 0.496 e. The van der Waals surface area contributed by atoms with E-state index in [4.69, 9.17) is 16.3 Å². The third kappa shape index (κ3) is 3.74. The first-order valence-electron chi connectivity index (χ1n) is 6.51. The number of unbranched alkanes of at least 4 members (excludes halogenated alkanes) is 1. The smallest absolute Gasteiger partial charge is 0.169 e. The van der Waals surface area contributed by atoms with E-state index in [2.05, 4.69) is 13.8 Å². The van der Waals surface area contributed by atoms with E-state index in [0.29, 0.717) is 16.3 Å². The molecule has 0 aliphatic rings. The second-order valence-electron chi connectivity index (χ2n) is 4.46. The molecule has 0 amide bonds. The van der Waals surface area contributed by atoms with Crippen molar-refractivity contribution in [2.45, 2.75) is 39.5 Å². The molecule has 1 aromatic carbocycles. The van der Waals surface area contributed by atoms with E-state index < -0.39 is 0 Å². The number of ether oxygens (including phenoxy) is 1. The Morgan fingerprint density at radius 2 is 2.11 bits per heavy atom. The molecule has 0 aliphatic carbocycles. The number of halogens is 1. The van der Waals surface area contributed by atoms with Crippen molar-refractivity contribution in [1.29, 1.82) is 0 Å². The van der Waals surface area contributed by atoms with Crippen LogP contribution in [0.15, 0.2) is 18.2 Å². The predicted molar refractivity (Wildman–Crippen MR) is 75.6 cm³/mol. The summed E-state index contributed by atoms with van der Waals surface area (Å²) in [6, 6.07) is 5.20. The van der Waals surface area contributed by atoms with Crippen molar-refractivity contribution in [3.8, 4) is 5.75 Å². The third-order valence-corrected chi connectivity index (χ3v) is 3.43. The number of Topliss-reactive ketones (excluding diaryl/α,β-unsaturated/α-hetero) is 1. The normalized spacial score (nSPS) is 12.2. The molecule has 1 unspecified atom stereocenters. The van der Waals surface area contributed by atoms with E-state index in [9.17, 15) is 4.79 Å². The van der Waals surface area contributed by atoms with Crippen LogP contribution in [0.5, 0.6) is 5.75 Å². The number of hydrogen-bond acceptors (Lipinski definition) is 2. The van der Waals surface area contributed by atoms with Crippen molar-refractivity contribution in [2.75, 3.05) is 7.11 Å². The highest BCUT2D eigenvalue weighted by Gasteiger charge is 2.21. The molecule has 0 fully saturated rings. The molecule has 0 N–H and O–H groups in total. The summed E-state index contributed by atoms with van der Waals surface area (Å²) in [5.41, 5.74) is 0.605. The van der Waals surface area contributed by atoms with Gasteiger partial charge in [0.2, 0.25) is 0 Å². The van der Waals surface area contributed by atoms with Crippen molar-refractivity contribution in [3.63, 3.8) is 0 Å². The molecule has 0 heterocycles. The Kier molecular flexibility index (Phi) is 6.20. The molecule has 1 rings (SSSR count). The topological polar surface area (TPSA) is 26.3 Å². The Morgan fingerprint density at radius 3 is 2.67 bits per heavy atom. The molecule has 0 bridgehead atoms. The minimum absolute atomic E-state index is 0.0670. The molecule has 0 aliphatic heterocycles. The number of rotatable bonds is 7. The lowest BCUT2D eigenvalue weighted by molar-refractivity contribution is 0.0905. The summed E-state index contributed by atoms with van der Waals surface area (Å²) in [5.74, 6) is 0.821. The summed E-state index contributed by atoms with van der Waals surface area (Å²) in [7, 11) is 1.58. The molecule has 0 spiro atoms. The first kappa shape index (κ1) is 15.0. The highest BCUT2D eigenvalue weighted by molar-refractivity contribution is 6.31. The van der Waals surface area contributed by atoms with E-state index in [1.807, 2.05) is 0 Å². The van der Waals surface area contributed by atoms with E-state index in [1.165, 1.54) is 0 Å². The van der Waals surface area contributed by atoms with Crippen LogP contribution in [0.2, 0.25) is 5.02 Å². The zero-order chi connectivity index (χ0) is 13.5. The number of carbonyl (C=O) groups is 1. The molecule has 100 valence electrons. The van der Waals surface area contributed by atoms with E-state index >= 15 is 0 Å². The number of hydrogen-bond donors (Lipinski definition) is 0. The maximum atomic E-state index is 12.5. The maximum Gasteiger partial charge on any atom is 0.169 e. The summed E-state index contributed by atoms with van der Waals surface area (Å²) >= 11 is 5.96. The van der Waals surface area contributed by atoms with Crippen LogP contribution < -0.4 is 4.74 Å². The van der Waals surface area contributed by atoms with Gasteiger partial charge in [-0.05, 0) is 31.0 Å². The number of benzene rings is 1. The van der Waals surface area contributed by atoms with E-state index in [0.717, 1.165) is 25.7 Å². The average molecular weight is 269 g/mol. The van der Waals surface area contributed by atoms with Crippen LogP contribution in [0.4, 0.5) is 0 Å². The first-order chi connectivity index (χ1) is 8.63. The van der Waals surface area contributed by atoms with Gasteiger partial charge in [0.25, 0.3) is 0 Å². The summed E-state index contributed by atoms with van der Waals surface area (Å²) in [5, 5.41) is 0.574. The van der Waals surface area contributed by atoms with Gasteiger partial charge in [0, 0.05) is 10.9 Å². The van der Waals surface area contributed by atoms with Gasteiger partial charge in [0.15, 0.2) is 5.78 Å². The molecule has 0 aromatic heterocycles. The molecule has 0 radical (unpaired) electrons. The van der Waals surface area contributed by atoms with Crippen molar-refractivity contribution in [1.82, 2.24) is 0 Å². The maximum absolute atomic E-state index is 12.5. The standard InChI is InChI=1S/C15H21ClO2/c1-4-6-7-11(5-2)15(17)13-10-12(16)8-9-14(13)18-3/h8-11H,4-7H2,1-3H3. The average Bonchev–Trinajstić information content (AvgIpc) is 2.39. The minimum atomic E-state index is 0.0670. The Bertz CT molecular complexity index is 401. The molecule has 1 atom stereocenters. The van der Waals surface area contributed by atoms with Crippen LogP contribution in [0.1, 0.15) is 49.9 Å². The van der Waals surface area contributed by atoms with Gasteiger partial charge < -0.3 is 4.74 Å². The monoisotopic (exact) mass is 268 g/mol. The lowest BCUT2D eigenvalue weighted by atomic mass is 9.90. The van der Waals surface area contributed by atoms with Gasteiger partial charge in [-0.2, -0.15) is 0 Å². The van der Waals surface area contributed by atoms with Crippen LogP contribution in [0.25, 0.3) is 0 Å². The Morgan fingerprint density at radius 1 is 1.39 bits per heavy atom. The fourth-order valence-electron chi connectivity index (χ4n) is 2.06. The summed E-state index contributed by atoms with van der Waals surface area (Å²) in [6.45, 7) is 4.19. The highest BCUT2D eigenvalue weighted by Crippen LogP contribution is 2.27. The van der Waals surface area contributed by atoms with Crippen molar-refractivity contribution in [3.05, 3.63) is 28.8 Å². The van der Waals surface area contributed by atoms with Gasteiger partial charge in [0.05, 0.1) is 12.7 Å². The summed E-state index contributed by atoms with van der Waals surface area (Å²) in [6.07, 6.45) is 3.97. The number of carbonyl (C=O) groups excluding carboxylic acids is 1. The second-order valence-corrected chi connectivity index (χ2v) is 4.89. The predicted octanol–water partition coefficient (Wildman–Crippen LogP) is 4.75. The SMILES string of the molecule is CCCCC(CC)C(=O)c1cc(Cl)ccc1OC. The Balaban J connectivity index is 2.96. The zero-order valence-electron chi connectivity index (χ0n) is 11.3. The number of ketones is 1. The highest BCUT2D eigenvalue weighted by atomic mass is 35.5. The van der Waals surface area contributed by atoms with Gasteiger partial charge in [-0.3, -0.25) is 4.79 Å². The fourth-order valence-corrected chi connectivity index (χ4v) is 2.24.